The number of carbonyl (C=O) groups is 1. The van der Waals surface area contributed by atoms with E-state index in [4.69, 9.17) is 9.47 Å². The summed E-state index contributed by atoms with van der Waals surface area (Å²) in [7, 11) is 0. The zero-order valence-electron chi connectivity index (χ0n) is 14.0. The number of ether oxygens (including phenoxy) is 2. The number of hydrogen-bond donors (Lipinski definition) is 0. The van der Waals surface area contributed by atoms with E-state index >= 15 is 0 Å². The van der Waals surface area contributed by atoms with E-state index < -0.39 is 0 Å². The van der Waals surface area contributed by atoms with Crippen molar-refractivity contribution in [3.05, 3.63) is 42.2 Å². The molecule has 8 nitrogen and oxygen atoms in total. The summed E-state index contributed by atoms with van der Waals surface area (Å²) < 4.78 is 11.9. The summed E-state index contributed by atoms with van der Waals surface area (Å²) >= 11 is 0. The Labute approximate surface area is 145 Å². The normalized spacial score (nSPS) is 21.6. The Morgan fingerprint density at radius 1 is 1.32 bits per heavy atom. The molecule has 1 amide bonds. The number of carbonyl (C=O) groups excluding carboxylic acids is 1. The average molecular weight is 341 g/mol. The molecule has 0 aliphatic carbocycles. The molecule has 0 radical (unpaired) electrons. The van der Waals surface area contributed by atoms with Gasteiger partial charge >= 0.3 is 6.01 Å². The zero-order chi connectivity index (χ0) is 17.3. The summed E-state index contributed by atoms with van der Waals surface area (Å²) in [4.78, 5) is 30.6. The summed E-state index contributed by atoms with van der Waals surface area (Å²) in [5.74, 6) is -0.118. The van der Waals surface area contributed by atoms with Crippen LogP contribution in [0.2, 0.25) is 0 Å². The van der Waals surface area contributed by atoms with E-state index in [9.17, 15) is 4.79 Å². The van der Waals surface area contributed by atoms with Crippen molar-refractivity contribution in [1.29, 1.82) is 0 Å². The number of likely N-dealkylation sites (tertiary alicyclic amines) is 1. The van der Waals surface area contributed by atoms with Crippen molar-refractivity contribution in [2.24, 2.45) is 0 Å². The van der Waals surface area contributed by atoms with Crippen LogP contribution < -0.4 is 4.74 Å². The Hall–Kier alpha value is -2.61. The SMILES string of the molecule is Cc1ccnc(O[C@@H]2CCOC3(C2)CN(C(=O)c2cnccn2)C3)n1. The summed E-state index contributed by atoms with van der Waals surface area (Å²) in [5, 5.41) is 0. The first-order valence-corrected chi connectivity index (χ1v) is 8.29. The van der Waals surface area contributed by atoms with Gasteiger partial charge in [-0.15, -0.1) is 0 Å². The number of nitrogens with zero attached hydrogens (tertiary/aromatic N) is 5. The minimum Gasteiger partial charge on any atom is -0.460 e. The second kappa shape index (κ2) is 6.36. The maximum Gasteiger partial charge on any atom is 0.316 e. The van der Waals surface area contributed by atoms with E-state index in [1.54, 1.807) is 17.3 Å². The molecule has 0 unspecified atom stereocenters. The lowest BCUT2D eigenvalue weighted by molar-refractivity contribution is -0.174. The Balaban J connectivity index is 1.37. The van der Waals surface area contributed by atoms with Crippen LogP contribution in [0, 0.1) is 6.92 Å². The summed E-state index contributed by atoms with van der Waals surface area (Å²) in [6.45, 7) is 3.58. The first-order valence-electron chi connectivity index (χ1n) is 8.29. The number of aromatic nitrogens is 4. The number of rotatable bonds is 3. The van der Waals surface area contributed by atoms with Crippen molar-refractivity contribution in [3.63, 3.8) is 0 Å². The Bertz CT molecular complexity index is 764. The lowest BCUT2D eigenvalue weighted by Gasteiger charge is -2.52. The first-order chi connectivity index (χ1) is 12.1. The molecular formula is C17H19N5O3. The summed E-state index contributed by atoms with van der Waals surface area (Å²) in [6.07, 6.45) is 7.74. The number of amides is 1. The third-order valence-corrected chi connectivity index (χ3v) is 4.52. The second-order valence-electron chi connectivity index (χ2n) is 6.50. The van der Waals surface area contributed by atoms with Gasteiger partial charge in [0, 0.05) is 37.1 Å². The Kier molecular flexibility index (Phi) is 4.04. The van der Waals surface area contributed by atoms with E-state index in [0.717, 1.165) is 12.1 Å². The molecule has 4 rings (SSSR count). The van der Waals surface area contributed by atoms with E-state index in [1.807, 2.05) is 13.0 Å². The molecule has 2 fully saturated rings. The molecule has 1 atom stereocenters. The minimum atomic E-state index is -0.343. The Morgan fingerprint density at radius 2 is 2.20 bits per heavy atom. The summed E-state index contributed by atoms with van der Waals surface area (Å²) in [5.41, 5.74) is 0.884. The molecule has 2 aromatic rings. The van der Waals surface area contributed by atoms with Crippen molar-refractivity contribution < 1.29 is 14.3 Å². The molecule has 1 spiro atoms. The second-order valence-corrected chi connectivity index (χ2v) is 6.50. The van der Waals surface area contributed by atoms with Gasteiger partial charge in [-0.05, 0) is 13.0 Å². The molecule has 2 aliphatic heterocycles. The molecule has 2 saturated heterocycles. The van der Waals surface area contributed by atoms with Gasteiger partial charge < -0.3 is 14.4 Å². The maximum atomic E-state index is 12.4. The fraction of sp³-hybridized carbons (Fsp3) is 0.471. The zero-order valence-corrected chi connectivity index (χ0v) is 14.0. The van der Waals surface area contributed by atoms with Crippen LogP contribution in [0.4, 0.5) is 0 Å². The van der Waals surface area contributed by atoms with E-state index in [2.05, 4.69) is 19.9 Å². The summed E-state index contributed by atoms with van der Waals surface area (Å²) in [6, 6.07) is 2.23. The predicted molar refractivity (Wildman–Crippen MR) is 87.0 cm³/mol. The van der Waals surface area contributed by atoms with E-state index in [0.29, 0.717) is 37.8 Å². The predicted octanol–water partition coefficient (Wildman–Crippen LogP) is 1.03. The van der Waals surface area contributed by atoms with Crippen LogP contribution in [-0.4, -0.2) is 62.1 Å². The highest BCUT2D eigenvalue weighted by Crippen LogP contribution is 2.35. The van der Waals surface area contributed by atoms with Gasteiger partial charge in [-0.3, -0.25) is 9.78 Å². The van der Waals surface area contributed by atoms with Crippen molar-refractivity contribution in [1.82, 2.24) is 24.8 Å². The van der Waals surface area contributed by atoms with Crippen molar-refractivity contribution in [3.8, 4) is 6.01 Å². The van der Waals surface area contributed by atoms with Crippen molar-refractivity contribution in [2.45, 2.75) is 31.5 Å². The van der Waals surface area contributed by atoms with Crippen LogP contribution in [0.5, 0.6) is 6.01 Å². The highest BCUT2D eigenvalue weighted by molar-refractivity contribution is 5.92. The van der Waals surface area contributed by atoms with Crippen LogP contribution in [0.1, 0.15) is 29.0 Å². The molecule has 0 bridgehead atoms. The third kappa shape index (κ3) is 3.30. The van der Waals surface area contributed by atoms with Gasteiger partial charge in [0.25, 0.3) is 5.91 Å². The lowest BCUT2D eigenvalue weighted by Crippen LogP contribution is -2.67. The van der Waals surface area contributed by atoms with Gasteiger partial charge in [-0.2, -0.15) is 0 Å². The highest BCUT2D eigenvalue weighted by atomic mass is 16.5. The largest absolute Gasteiger partial charge is 0.460 e. The molecular weight excluding hydrogens is 322 g/mol. The first kappa shape index (κ1) is 15.9. The van der Waals surface area contributed by atoms with Crippen LogP contribution in [0.15, 0.2) is 30.9 Å². The fourth-order valence-corrected chi connectivity index (χ4v) is 3.30. The number of hydrogen-bond acceptors (Lipinski definition) is 7. The highest BCUT2D eigenvalue weighted by Gasteiger charge is 2.50. The molecule has 130 valence electrons. The standard InChI is InChI=1S/C17H19N5O3/c1-12-2-4-20-16(21-12)25-13-3-7-24-17(8-13)10-22(11-17)15(23)14-9-18-5-6-19-14/h2,4-6,9,13H,3,7-8,10-11H2,1H3/t13-/m1/s1. The Morgan fingerprint density at radius 3 is 2.96 bits per heavy atom. The molecule has 0 N–H and O–H groups in total. The molecule has 0 saturated carbocycles. The molecule has 4 heterocycles. The van der Waals surface area contributed by atoms with Gasteiger partial charge in [0.2, 0.25) is 0 Å². The molecule has 2 aliphatic rings. The van der Waals surface area contributed by atoms with Crippen LogP contribution in [0.3, 0.4) is 0 Å². The van der Waals surface area contributed by atoms with Gasteiger partial charge in [0.05, 0.1) is 25.9 Å². The van der Waals surface area contributed by atoms with Gasteiger partial charge in [0.15, 0.2) is 0 Å². The average Bonchev–Trinajstić information content (AvgIpc) is 2.60. The van der Waals surface area contributed by atoms with Crippen LogP contribution >= 0.6 is 0 Å². The van der Waals surface area contributed by atoms with Crippen LogP contribution in [0.25, 0.3) is 0 Å². The maximum absolute atomic E-state index is 12.4. The number of aryl methyl sites for hydroxylation is 1. The van der Waals surface area contributed by atoms with Gasteiger partial charge in [-0.25, -0.2) is 15.0 Å². The van der Waals surface area contributed by atoms with Crippen molar-refractivity contribution >= 4 is 5.91 Å². The molecule has 2 aromatic heterocycles. The molecule has 8 heteroatoms. The van der Waals surface area contributed by atoms with Gasteiger partial charge in [0.1, 0.15) is 17.4 Å². The fourth-order valence-electron chi connectivity index (χ4n) is 3.30. The lowest BCUT2D eigenvalue weighted by atomic mass is 9.84. The smallest absolute Gasteiger partial charge is 0.316 e. The van der Waals surface area contributed by atoms with Crippen LogP contribution in [-0.2, 0) is 4.74 Å². The molecule has 25 heavy (non-hydrogen) atoms. The van der Waals surface area contributed by atoms with E-state index in [-0.39, 0.29) is 17.6 Å². The quantitative estimate of drug-likeness (QED) is 0.823. The molecule has 0 aromatic carbocycles. The topological polar surface area (TPSA) is 90.3 Å². The van der Waals surface area contributed by atoms with Crippen molar-refractivity contribution in [2.75, 3.05) is 19.7 Å². The monoisotopic (exact) mass is 341 g/mol. The third-order valence-electron chi connectivity index (χ3n) is 4.52. The van der Waals surface area contributed by atoms with Gasteiger partial charge in [-0.1, -0.05) is 0 Å². The minimum absolute atomic E-state index is 0.00989. The van der Waals surface area contributed by atoms with E-state index in [1.165, 1.54) is 12.4 Å².